The van der Waals surface area contributed by atoms with Crippen LogP contribution in [0.15, 0.2) is 45.4 Å². The third-order valence-corrected chi connectivity index (χ3v) is 8.84. The molecule has 1 fully saturated rings. The van der Waals surface area contributed by atoms with Crippen LogP contribution >= 0.6 is 0 Å². The number of H-pyrrole nitrogens is 1. The minimum Gasteiger partial charge on any atom is -0.465 e. The first-order valence-electron chi connectivity index (χ1n) is 12.5. The highest BCUT2D eigenvalue weighted by Crippen LogP contribution is 2.37. The van der Waals surface area contributed by atoms with Crippen LogP contribution in [0.3, 0.4) is 0 Å². The zero-order chi connectivity index (χ0) is 28.1. The average molecular weight is 558 g/mol. The molecular formula is C25H31N7O6S. The minimum absolute atomic E-state index is 0.0396. The zero-order valence-corrected chi connectivity index (χ0v) is 22.9. The van der Waals surface area contributed by atoms with E-state index in [9.17, 15) is 23.1 Å². The van der Waals surface area contributed by atoms with Gasteiger partial charge in [-0.15, -0.1) is 0 Å². The summed E-state index contributed by atoms with van der Waals surface area (Å²) in [5.74, 6) is 0. The lowest BCUT2D eigenvalue weighted by atomic mass is 9.93. The number of rotatable bonds is 7. The summed E-state index contributed by atoms with van der Waals surface area (Å²) in [5.41, 5.74) is 1.50. The molecule has 208 valence electrons. The van der Waals surface area contributed by atoms with Crippen molar-refractivity contribution in [2.45, 2.75) is 56.1 Å². The van der Waals surface area contributed by atoms with Crippen molar-refractivity contribution in [1.82, 2.24) is 29.0 Å². The molecule has 14 heteroatoms. The standard InChI is InChI=1S/C25H31N7O6S/c1-15-9-17(5-8-31(15)24(34)35)19-10-18(39(36,37)29-25(2)6-7-25)11-20-21(19)27-23(28-38-4)32(22(20)33)14-16-12-26-30(3)13-16/h5,10-13,15,29H,6-9,14H2,1-4H3,(H,27,28)(H,34,35)/t15-/m1/s1. The van der Waals surface area contributed by atoms with Gasteiger partial charge in [-0.1, -0.05) is 6.08 Å². The lowest BCUT2D eigenvalue weighted by Gasteiger charge is -2.31. The van der Waals surface area contributed by atoms with Crippen molar-refractivity contribution in [1.29, 1.82) is 0 Å². The van der Waals surface area contributed by atoms with Crippen molar-refractivity contribution in [2.75, 3.05) is 13.7 Å². The molecule has 39 heavy (non-hydrogen) atoms. The van der Waals surface area contributed by atoms with Gasteiger partial charge in [-0.25, -0.2) is 17.9 Å². The molecule has 0 spiro atoms. The zero-order valence-electron chi connectivity index (χ0n) is 22.1. The average Bonchev–Trinajstić information content (AvgIpc) is 3.43. The van der Waals surface area contributed by atoms with Crippen molar-refractivity contribution in [3.8, 4) is 0 Å². The summed E-state index contributed by atoms with van der Waals surface area (Å²) in [5, 5.41) is 17.9. The van der Waals surface area contributed by atoms with E-state index < -0.39 is 27.2 Å². The highest BCUT2D eigenvalue weighted by Gasteiger charge is 2.41. The number of nitrogens with one attached hydrogen (secondary N) is 2. The maximum Gasteiger partial charge on any atom is 0.407 e. The Kier molecular flexibility index (Phi) is 6.63. The molecule has 1 aliphatic heterocycles. The fourth-order valence-electron chi connectivity index (χ4n) is 4.85. The molecule has 1 atom stereocenters. The van der Waals surface area contributed by atoms with Gasteiger partial charge in [0.25, 0.3) is 5.56 Å². The van der Waals surface area contributed by atoms with Gasteiger partial charge in [-0.2, -0.15) is 5.10 Å². The first-order valence-corrected chi connectivity index (χ1v) is 14.0. The molecule has 5 rings (SSSR count). The Morgan fingerprint density at radius 3 is 2.69 bits per heavy atom. The lowest BCUT2D eigenvalue weighted by Crippen LogP contribution is -2.40. The highest BCUT2D eigenvalue weighted by atomic mass is 32.2. The summed E-state index contributed by atoms with van der Waals surface area (Å²) < 4.78 is 32.6. The molecule has 3 heterocycles. The maximum atomic E-state index is 13.9. The van der Waals surface area contributed by atoms with Gasteiger partial charge in [-0.05, 0) is 56.0 Å². The summed E-state index contributed by atoms with van der Waals surface area (Å²) in [6.45, 7) is 3.88. The van der Waals surface area contributed by atoms with Gasteiger partial charge < -0.3 is 19.8 Å². The van der Waals surface area contributed by atoms with Crippen molar-refractivity contribution < 1.29 is 23.2 Å². The number of benzene rings is 1. The molecule has 3 N–H and O–H groups in total. The van der Waals surface area contributed by atoms with Crippen LogP contribution in [0.5, 0.6) is 0 Å². The number of hydrogen-bond acceptors (Lipinski definition) is 7. The Morgan fingerprint density at radius 2 is 2.10 bits per heavy atom. The summed E-state index contributed by atoms with van der Waals surface area (Å²) >= 11 is 0. The first-order chi connectivity index (χ1) is 18.4. The van der Waals surface area contributed by atoms with E-state index in [1.807, 2.05) is 6.92 Å². The smallest absolute Gasteiger partial charge is 0.407 e. The normalized spacial score (nSPS) is 19.3. The van der Waals surface area contributed by atoms with Gasteiger partial charge in [0.2, 0.25) is 15.6 Å². The van der Waals surface area contributed by atoms with E-state index in [4.69, 9.17) is 4.84 Å². The molecule has 0 unspecified atom stereocenters. The molecule has 1 aromatic carbocycles. The van der Waals surface area contributed by atoms with Gasteiger partial charge >= 0.3 is 6.09 Å². The number of carbonyl (C=O) groups is 1. The van der Waals surface area contributed by atoms with E-state index in [0.29, 0.717) is 17.5 Å². The summed E-state index contributed by atoms with van der Waals surface area (Å²) in [4.78, 5) is 35.0. The number of carboxylic acid groups (broad SMARTS) is 1. The maximum absolute atomic E-state index is 13.9. The molecule has 3 aromatic rings. The van der Waals surface area contributed by atoms with Crippen molar-refractivity contribution >= 4 is 32.6 Å². The van der Waals surface area contributed by atoms with Crippen molar-refractivity contribution in [3.05, 3.63) is 57.7 Å². The van der Waals surface area contributed by atoms with Gasteiger partial charge in [0, 0.05) is 42.5 Å². The molecule has 0 bridgehead atoms. The van der Waals surface area contributed by atoms with Crippen LogP contribution in [0.4, 0.5) is 4.79 Å². The Balaban J connectivity index is 1.76. The third kappa shape index (κ3) is 5.21. The molecule has 13 nitrogen and oxygen atoms in total. The Labute approximate surface area is 224 Å². The van der Waals surface area contributed by atoms with Crippen LogP contribution in [-0.4, -0.2) is 69.1 Å². The Bertz CT molecular complexity index is 1730. The first kappa shape index (κ1) is 26.7. The van der Waals surface area contributed by atoms with E-state index >= 15 is 0 Å². The number of aromatic nitrogens is 4. The number of amides is 1. The molecule has 0 radical (unpaired) electrons. The van der Waals surface area contributed by atoms with E-state index in [-0.39, 0.29) is 35.0 Å². The van der Waals surface area contributed by atoms with Crippen molar-refractivity contribution in [2.24, 2.45) is 12.2 Å². The Morgan fingerprint density at radius 1 is 1.36 bits per heavy atom. The lowest BCUT2D eigenvalue weighted by molar-refractivity contribution is 0.133. The number of hydrogen-bond donors (Lipinski definition) is 3. The van der Waals surface area contributed by atoms with Crippen LogP contribution in [0.2, 0.25) is 0 Å². The van der Waals surface area contributed by atoms with Crippen molar-refractivity contribution in [3.63, 3.8) is 0 Å². The molecular weight excluding hydrogens is 526 g/mol. The second-order valence-electron chi connectivity index (χ2n) is 10.4. The number of sulfonamides is 1. The molecule has 1 amide bonds. The summed E-state index contributed by atoms with van der Waals surface area (Å²) in [7, 11) is -0.828. The minimum atomic E-state index is -3.96. The van der Waals surface area contributed by atoms with Gasteiger partial charge in [0.1, 0.15) is 7.11 Å². The molecule has 1 aliphatic carbocycles. The number of aromatic amines is 1. The monoisotopic (exact) mass is 557 g/mol. The van der Waals surface area contributed by atoms with Gasteiger partial charge in [-0.3, -0.25) is 14.0 Å². The fraction of sp³-hybridized carbons (Fsp3) is 0.440. The SMILES string of the molecule is CO/N=c1\[nH]c2c(C3=CCN(C(=O)O)[C@H](C)C3)cc(S(=O)(=O)NC3(C)CC3)cc2c(=O)n1Cc1cnn(C)c1. The van der Waals surface area contributed by atoms with Gasteiger partial charge in [0.05, 0.1) is 28.5 Å². The van der Waals surface area contributed by atoms with E-state index in [0.717, 1.165) is 24.0 Å². The predicted octanol–water partition coefficient (Wildman–Crippen LogP) is 1.56. The largest absolute Gasteiger partial charge is 0.465 e. The third-order valence-electron chi connectivity index (χ3n) is 7.22. The predicted molar refractivity (Wildman–Crippen MR) is 142 cm³/mol. The number of aryl methyl sites for hydroxylation is 1. The molecule has 2 aromatic heterocycles. The number of nitrogens with zero attached hydrogens (tertiary/aromatic N) is 5. The highest BCUT2D eigenvalue weighted by molar-refractivity contribution is 7.89. The summed E-state index contributed by atoms with van der Waals surface area (Å²) in [6.07, 6.45) is 5.90. The van der Waals surface area contributed by atoms with Gasteiger partial charge in [0.15, 0.2) is 0 Å². The molecule has 2 aliphatic rings. The van der Waals surface area contributed by atoms with Crippen LogP contribution in [0.1, 0.15) is 44.2 Å². The second kappa shape index (κ2) is 9.68. The van der Waals surface area contributed by atoms with Crippen LogP contribution < -0.4 is 15.9 Å². The quantitative estimate of drug-likeness (QED) is 0.371. The van der Waals surface area contributed by atoms with Crippen LogP contribution in [0.25, 0.3) is 16.5 Å². The summed E-state index contributed by atoms with van der Waals surface area (Å²) in [6, 6.07) is 2.55. The topological polar surface area (TPSA) is 164 Å². The van der Waals surface area contributed by atoms with E-state index in [1.54, 1.807) is 37.1 Å². The Hall–Kier alpha value is -3.91. The molecule has 0 saturated heterocycles. The second-order valence-corrected chi connectivity index (χ2v) is 12.1. The van der Waals surface area contributed by atoms with E-state index in [2.05, 4.69) is 20.0 Å². The van der Waals surface area contributed by atoms with Crippen LogP contribution in [-0.2, 0) is 28.5 Å². The van der Waals surface area contributed by atoms with E-state index in [1.165, 1.54) is 28.7 Å². The number of fused-ring (bicyclic) bond motifs is 1. The molecule has 1 saturated carbocycles. The fourth-order valence-corrected chi connectivity index (χ4v) is 6.37. The van der Waals surface area contributed by atoms with Crippen LogP contribution in [0, 0.1) is 0 Å².